The number of pyridine rings is 1. The SMILES string of the molecule is CCCC(=O)C=C(SC)c1cccnc1. The predicted octanol–water partition coefficient (Wildman–Crippen LogP) is 3.15. The van der Waals surface area contributed by atoms with Crippen molar-refractivity contribution in [3.05, 3.63) is 36.2 Å². The first-order chi connectivity index (χ1) is 7.27. The molecule has 1 heterocycles. The molecule has 0 saturated carbocycles. The topological polar surface area (TPSA) is 30.0 Å². The van der Waals surface area contributed by atoms with Gasteiger partial charge in [0.25, 0.3) is 0 Å². The van der Waals surface area contributed by atoms with Crippen molar-refractivity contribution in [1.29, 1.82) is 0 Å². The van der Waals surface area contributed by atoms with Gasteiger partial charge in [0.15, 0.2) is 5.78 Å². The monoisotopic (exact) mass is 221 g/mol. The van der Waals surface area contributed by atoms with Gasteiger partial charge in [0.1, 0.15) is 0 Å². The Balaban J connectivity index is 2.84. The highest BCUT2D eigenvalue weighted by molar-refractivity contribution is 8.07. The van der Waals surface area contributed by atoms with Crippen molar-refractivity contribution in [3.63, 3.8) is 0 Å². The number of carbonyl (C=O) groups is 1. The third-order valence-electron chi connectivity index (χ3n) is 1.95. The molecule has 0 bridgehead atoms. The Kier molecular flexibility index (Phi) is 5.12. The molecule has 0 N–H and O–H groups in total. The minimum atomic E-state index is 0.186. The fourth-order valence-corrected chi connectivity index (χ4v) is 1.84. The zero-order chi connectivity index (χ0) is 11.1. The quantitative estimate of drug-likeness (QED) is 0.715. The lowest BCUT2D eigenvalue weighted by molar-refractivity contribution is -0.114. The van der Waals surface area contributed by atoms with Crippen LogP contribution in [0.25, 0.3) is 4.91 Å². The Bertz CT molecular complexity index is 346. The van der Waals surface area contributed by atoms with Gasteiger partial charge in [0.05, 0.1) is 0 Å². The Morgan fingerprint density at radius 2 is 2.40 bits per heavy atom. The second-order valence-corrected chi connectivity index (χ2v) is 4.02. The highest BCUT2D eigenvalue weighted by Crippen LogP contribution is 2.24. The fraction of sp³-hybridized carbons (Fsp3) is 0.333. The van der Waals surface area contributed by atoms with Gasteiger partial charge in [0, 0.05) is 29.3 Å². The number of nitrogens with zero attached hydrogens (tertiary/aromatic N) is 1. The number of hydrogen-bond acceptors (Lipinski definition) is 3. The van der Waals surface area contributed by atoms with Crippen LogP contribution < -0.4 is 0 Å². The Morgan fingerprint density at radius 1 is 1.60 bits per heavy atom. The smallest absolute Gasteiger partial charge is 0.156 e. The lowest BCUT2D eigenvalue weighted by Crippen LogP contribution is -1.93. The van der Waals surface area contributed by atoms with Crippen molar-refractivity contribution in [2.75, 3.05) is 6.26 Å². The van der Waals surface area contributed by atoms with Gasteiger partial charge in [0.2, 0.25) is 0 Å². The van der Waals surface area contributed by atoms with Gasteiger partial charge in [-0.3, -0.25) is 9.78 Å². The molecule has 0 unspecified atom stereocenters. The Morgan fingerprint density at radius 3 is 2.93 bits per heavy atom. The molecule has 0 aliphatic carbocycles. The number of rotatable bonds is 5. The van der Waals surface area contributed by atoms with E-state index in [1.807, 2.05) is 25.3 Å². The van der Waals surface area contributed by atoms with Crippen LogP contribution in [0.2, 0.25) is 0 Å². The molecule has 0 atom stereocenters. The lowest BCUT2D eigenvalue weighted by atomic mass is 10.2. The van der Waals surface area contributed by atoms with E-state index in [0.29, 0.717) is 6.42 Å². The van der Waals surface area contributed by atoms with Gasteiger partial charge in [-0.05, 0) is 24.8 Å². The van der Waals surface area contributed by atoms with Crippen LogP contribution in [0.4, 0.5) is 0 Å². The maximum atomic E-state index is 11.5. The summed E-state index contributed by atoms with van der Waals surface area (Å²) in [6.45, 7) is 2.01. The summed E-state index contributed by atoms with van der Waals surface area (Å²) in [4.78, 5) is 16.5. The van der Waals surface area contributed by atoms with E-state index in [1.165, 1.54) is 0 Å². The molecule has 15 heavy (non-hydrogen) atoms. The van der Waals surface area contributed by atoms with Crippen molar-refractivity contribution in [2.24, 2.45) is 0 Å². The lowest BCUT2D eigenvalue weighted by Gasteiger charge is -2.02. The standard InChI is InChI=1S/C12H15NOS/c1-3-5-11(14)8-12(15-2)10-6-4-7-13-9-10/h4,6-9H,3,5H2,1-2H3. The van der Waals surface area contributed by atoms with E-state index < -0.39 is 0 Å². The van der Waals surface area contributed by atoms with Crippen LogP contribution in [0.1, 0.15) is 25.3 Å². The first-order valence-electron chi connectivity index (χ1n) is 4.96. The number of hydrogen-bond donors (Lipinski definition) is 0. The molecule has 1 rings (SSSR count). The number of allylic oxidation sites excluding steroid dienone is 1. The van der Waals surface area contributed by atoms with Crippen LogP contribution in [-0.2, 0) is 4.79 Å². The first-order valence-corrected chi connectivity index (χ1v) is 6.19. The molecule has 0 amide bonds. The predicted molar refractivity (Wildman–Crippen MR) is 65.6 cm³/mol. The Labute approximate surface area is 94.8 Å². The molecule has 0 aromatic carbocycles. The summed E-state index contributed by atoms with van der Waals surface area (Å²) < 4.78 is 0. The van der Waals surface area contributed by atoms with Crippen LogP contribution in [0, 0.1) is 0 Å². The zero-order valence-electron chi connectivity index (χ0n) is 9.06. The van der Waals surface area contributed by atoms with Crippen molar-refractivity contribution in [3.8, 4) is 0 Å². The van der Waals surface area contributed by atoms with Crippen molar-refractivity contribution in [2.45, 2.75) is 19.8 Å². The van der Waals surface area contributed by atoms with Crippen molar-refractivity contribution < 1.29 is 4.79 Å². The molecule has 0 aliphatic heterocycles. The summed E-state index contributed by atoms with van der Waals surface area (Å²) in [5, 5.41) is 0. The zero-order valence-corrected chi connectivity index (χ0v) is 9.88. The molecule has 1 aromatic heterocycles. The van der Waals surface area contributed by atoms with Gasteiger partial charge in [-0.15, -0.1) is 11.8 Å². The van der Waals surface area contributed by atoms with Gasteiger partial charge in [-0.2, -0.15) is 0 Å². The fourth-order valence-electron chi connectivity index (χ4n) is 1.23. The summed E-state index contributed by atoms with van der Waals surface area (Å²) in [5.74, 6) is 0.186. The van der Waals surface area contributed by atoms with Gasteiger partial charge in [-0.25, -0.2) is 0 Å². The molecule has 0 spiro atoms. The molecular weight excluding hydrogens is 206 g/mol. The molecule has 0 radical (unpaired) electrons. The van der Waals surface area contributed by atoms with E-state index in [4.69, 9.17) is 0 Å². The number of thioether (sulfide) groups is 1. The van der Waals surface area contributed by atoms with Crippen LogP contribution in [-0.4, -0.2) is 17.0 Å². The van der Waals surface area contributed by atoms with Gasteiger partial charge < -0.3 is 0 Å². The average Bonchev–Trinajstić information content (AvgIpc) is 2.27. The highest BCUT2D eigenvalue weighted by atomic mass is 32.2. The van der Waals surface area contributed by atoms with Crippen molar-refractivity contribution >= 4 is 22.5 Å². The van der Waals surface area contributed by atoms with Crippen molar-refractivity contribution in [1.82, 2.24) is 4.98 Å². The van der Waals surface area contributed by atoms with Gasteiger partial charge >= 0.3 is 0 Å². The van der Waals surface area contributed by atoms with E-state index in [-0.39, 0.29) is 5.78 Å². The molecule has 0 aliphatic rings. The molecular formula is C12H15NOS. The molecule has 80 valence electrons. The van der Waals surface area contributed by atoms with E-state index >= 15 is 0 Å². The maximum absolute atomic E-state index is 11.5. The second-order valence-electron chi connectivity index (χ2n) is 3.17. The van der Waals surface area contributed by atoms with Crippen LogP contribution in [0.15, 0.2) is 30.6 Å². The summed E-state index contributed by atoms with van der Waals surface area (Å²) >= 11 is 1.58. The number of ketones is 1. The van der Waals surface area contributed by atoms with E-state index in [9.17, 15) is 4.79 Å². The molecule has 2 nitrogen and oxygen atoms in total. The maximum Gasteiger partial charge on any atom is 0.156 e. The minimum absolute atomic E-state index is 0.186. The molecule has 0 saturated heterocycles. The third kappa shape index (κ3) is 3.88. The minimum Gasteiger partial charge on any atom is -0.295 e. The summed E-state index contributed by atoms with van der Waals surface area (Å²) in [6.07, 6.45) is 8.70. The normalized spacial score (nSPS) is 11.5. The third-order valence-corrected chi connectivity index (χ3v) is 2.75. The summed E-state index contributed by atoms with van der Waals surface area (Å²) in [6, 6.07) is 3.85. The van der Waals surface area contributed by atoms with Crippen LogP contribution in [0.5, 0.6) is 0 Å². The van der Waals surface area contributed by atoms with Crippen LogP contribution in [0.3, 0.4) is 0 Å². The van der Waals surface area contributed by atoms with E-state index in [0.717, 1.165) is 16.9 Å². The summed E-state index contributed by atoms with van der Waals surface area (Å²) in [5.41, 5.74) is 1.01. The second kappa shape index (κ2) is 6.40. The largest absolute Gasteiger partial charge is 0.295 e. The number of carbonyl (C=O) groups excluding carboxylic acids is 1. The van der Waals surface area contributed by atoms with Crippen LogP contribution >= 0.6 is 11.8 Å². The van der Waals surface area contributed by atoms with E-state index in [1.54, 1.807) is 30.2 Å². The summed E-state index contributed by atoms with van der Waals surface area (Å²) in [7, 11) is 0. The molecule has 1 aromatic rings. The van der Waals surface area contributed by atoms with Gasteiger partial charge in [-0.1, -0.05) is 13.0 Å². The average molecular weight is 221 g/mol. The molecule has 0 fully saturated rings. The highest BCUT2D eigenvalue weighted by Gasteiger charge is 2.03. The van der Waals surface area contributed by atoms with E-state index in [2.05, 4.69) is 4.98 Å². The Hall–Kier alpha value is -1.09. The molecule has 3 heteroatoms. The number of aromatic nitrogens is 1. The first kappa shape index (κ1) is 12.0.